The first kappa shape index (κ1) is 10.2. The van der Waals surface area contributed by atoms with Gasteiger partial charge in [0.05, 0.1) is 5.41 Å². The lowest BCUT2D eigenvalue weighted by Gasteiger charge is -2.17. The molecule has 15 heavy (non-hydrogen) atoms. The summed E-state index contributed by atoms with van der Waals surface area (Å²) in [5.41, 5.74) is 1.63. The molecule has 0 amide bonds. The number of carbonyl (C=O) groups is 1. The van der Waals surface area contributed by atoms with Crippen molar-refractivity contribution < 1.29 is 9.90 Å². The third kappa shape index (κ3) is 1.54. The number of carboxylic acids is 1. The molecule has 1 N–H and O–H groups in total. The number of aliphatic carboxylic acids is 1. The number of hydrogen-bond donors (Lipinski definition) is 1. The van der Waals surface area contributed by atoms with Gasteiger partial charge in [-0.1, -0.05) is 38.1 Å². The van der Waals surface area contributed by atoms with Gasteiger partial charge in [0.25, 0.3) is 0 Å². The Bertz CT molecular complexity index is 389. The zero-order chi connectivity index (χ0) is 11.1. The van der Waals surface area contributed by atoms with E-state index in [1.165, 1.54) is 5.56 Å². The number of hydrogen-bond acceptors (Lipinski definition) is 1. The largest absolute Gasteiger partial charge is 0.481 e. The molecule has 1 saturated carbocycles. The molecule has 0 bridgehead atoms. The minimum atomic E-state index is -0.671. The molecule has 1 aromatic carbocycles. The predicted molar refractivity (Wildman–Crippen MR) is 59.1 cm³/mol. The van der Waals surface area contributed by atoms with E-state index in [-0.39, 0.29) is 0 Å². The Morgan fingerprint density at radius 2 is 1.93 bits per heavy atom. The fraction of sp³-hybridized carbons (Fsp3) is 0.462. The van der Waals surface area contributed by atoms with Gasteiger partial charge in [-0.25, -0.2) is 0 Å². The zero-order valence-electron chi connectivity index (χ0n) is 9.16. The van der Waals surface area contributed by atoms with E-state index < -0.39 is 11.4 Å². The summed E-state index contributed by atoms with van der Waals surface area (Å²) in [6.45, 7) is 4.22. The van der Waals surface area contributed by atoms with Crippen LogP contribution in [0.3, 0.4) is 0 Å². The summed E-state index contributed by atoms with van der Waals surface area (Å²) in [5.74, 6) is -0.284. The van der Waals surface area contributed by atoms with Crippen LogP contribution < -0.4 is 0 Å². The van der Waals surface area contributed by atoms with E-state index in [1.54, 1.807) is 0 Å². The monoisotopic (exact) mass is 204 g/mol. The first-order valence-corrected chi connectivity index (χ1v) is 5.41. The van der Waals surface area contributed by atoms with E-state index in [4.69, 9.17) is 0 Å². The number of benzene rings is 1. The van der Waals surface area contributed by atoms with Gasteiger partial charge in [0, 0.05) is 0 Å². The molecule has 1 aliphatic carbocycles. The highest BCUT2D eigenvalue weighted by Crippen LogP contribution is 2.50. The quantitative estimate of drug-likeness (QED) is 0.822. The van der Waals surface area contributed by atoms with Gasteiger partial charge < -0.3 is 5.11 Å². The van der Waals surface area contributed by atoms with Crippen LogP contribution in [-0.2, 0) is 10.2 Å². The molecule has 80 valence electrons. The van der Waals surface area contributed by atoms with Crippen molar-refractivity contribution in [3.63, 3.8) is 0 Å². The fourth-order valence-corrected chi connectivity index (χ4v) is 2.16. The molecule has 0 aromatic heterocycles. The molecule has 2 nitrogen and oxygen atoms in total. The van der Waals surface area contributed by atoms with Crippen LogP contribution in [0.1, 0.15) is 43.7 Å². The van der Waals surface area contributed by atoms with E-state index in [0.717, 1.165) is 18.4 Å². The number of carboxylic acid groups (broad SMARTS) is 1. The average molecular weight is 204 g/mol. The summed E-state index contributed by atoms with van der Waals surface area (Å²) in [5, 5.41) is 9.26. The van der Waals surface area contributed by atoms with Gasteiger partial charge in [0.2, 0.25) is 0 Å². The van der Waals surface area contributed by atoms with Crippen molar-refractivity contribution >= 4 is 5.97 Å². The molecule has 2 rings (SSSR count). The lowest BCUT2D eigenvalue weighted by atomic mass is 9.87. The molecule has 0 saturated heterocycles. The topological polar surface area (TPSA) is 37.3 Å². The lowest BCUT2D eigenvalue weighted by molar-refractivity contribution is -0.140. The highest BCUT2D eigenvalue weighted by Gasteiger charge is 2.52. The van der Waals surface area contributed by atoms with Crippen molar-refractivity contribution in [3.8, 4) is 0 Å². The van der Waals surface area contributed by atoms with E-state index in [1.807, 2.05) is 24.3 Å². The van der Waals surface area contributed by atoms with Crippen molar-refractivity contribution in [2.75, 3.05) is 0 Å². The average Bonchev–Trinajstić information content (AvgIpc) is 2.98. The molecular formula is C13H16O2. The molecule has 0 spiro atoms. The van der Waals surface area contributed by atoms with Crippen molar-refractivity contribution in [2.45, 2.75) is 38.0 Å². The van der Waals surface area contributed by atoms with E-state index >= 15 is 0 Å². The SMILES string of the molecule is CC(C)c1ccccc1C1(C(=O)O)CC1. The van der Waals surface area contributed by atoms with Gasteiger partial charge >= 0.3 is 5.97 Å². The molecule has 0 atom stereocenters. The maximum atomic E-state index is 11.3. The summed E-state index contributed by atoms with van der Waals surface area (Å²) >= 11 is 0. The molecule has 1 fully saturated rings. The summed E-state index contributed by atoms with van der Waals surface area (Å²) in [6.07, 6.45) is 1.57. The fourth-order valence-electron chi connectivity index (χ4n) is 2.16. The minimum absolute atomic E-state index is 0.387. The summed E-state index contributed by atoms with van der Waals surface area (Å²) in [7, 11) is 0. The zero-order valence-corrected chi connectivity index (χ0v) is 9.16. The van der Waals surface area contributed by atoms with Crippen molar-refractivity contribution in [3.05, 3.63) is 35.4 Å². The first-order valence-electron chi connectivity index (χ1n) is 5.41. The van der Waals surface area contributed by atoms with Gasteiger partial charge in [-0.15, -0.1) is 0 Å². The maximum Gasteiger partial charge on any atom is 0.314 e. The predicted octanol–water partition coefficient (Wildman–Crippen LogP) is 2.93. The Morgan fingerprint density at radius 1 is 1.33 bits per heavy atom. The molecule has 0 unspecified atom stereocenters. The third-order valence-electron chi connectivity index (χ3n) is 3.26. The van der Waals surface area contributed by atoms with E-state index in [9.17, 15) is 9.90 Å². The summed E-state index contributed by atoms with van der Waals surface area (Å²) in [4.78, 5) is 11.3. The molecule has 0 aliphatic heterocycles. The van der Waals surface area contributed by atoms with Crippen LogP contribution in [0.15, 0.2) is 24.3 Å². The van der Waals surface area contributed by atoms with Crippen LogP contribution in [0.5, 0.6) is 0 Å². The van der Waals surface area contributed by atoms with E-state index in [0.29, 0.717) is 5.92 Å². The van der Waals surface area contributed by atoms with Crippen LogP contribution in [0, 0.1) is 0 Å². The second-order valence-corrected chi connectivity index (χ2v) is 4.63. The van der Waals surface area contributed by atoms with Gasteiger partial charge in [0.15, 0.2) is 0 Å². The Morgan fingerprint density at radius 3 is 2.40 bits per heavy atom. The van der Waals surface area contributed by atoms with Crippen LogP contribution >= 0.6 is 0 Å². The molecule has 2 heteroatoms. The molecular weight excluding hydrogens is 188 g/mol. The van der Waals surface area contributed by atoms with Crippen LogP contribution in [0.4, 0.5) is 0 Å². The van der Waals surface area contributed by atoms with Crippen LogP contribution in [-0.4, -0.2) is 11.1 Å². The van der Waals surface area contributed by atoms with E-state index in [2.05, 4.69) is 13.8 Å². The second-order valence-electron chi connectivity index (χ2n) is 4.63. The molecule has 0 radical (unpaired) electrons. The number of rotatable bonds is 3. The first-order chi connectivity index (χ1) is 7.08. The molecule has 0 heterocycles. The second kappa shape index (κ2) is 3.37. The highest BCUT2D eigenvalue weighted by molar-refractivity contribution is 5.85. The van der Waals surface area contributed by atoms with Crippen molar-refractivity contribution in [1.82, 2.24) is 0 Å². The maximum absolute atomic E-state index is 11.3. The Labute approximate surface area is 89.9 Å². The normalized spacial score (nSPS) is 17.8. The van der Waals surface area contributed by atoms with Crippen LogP contribution in [0.25, 0.3) is 0 Å². The van der Waals surface area contributed by atoms with Gasteiger partial charge in [-0.05, 0) is 29.9 Å². The van der Waals surface area contributed by atoms with Crippen molar-refractivity contribution in [2.24, 2.45) is 0 Å². The van der Waals surface area contributed by atoms with Crippen LogP contribution in [0.2, 0.25) is 0 Å². The lowest BCUT2D eigenvalue weighted by Crippen LogP contribution is -2.21. The smallest absolute Gasteiger partial charge is 0.314 e. The Balaban J connectivity index is 2.49. The van der Waals surface area contributed by atoms with Gasteiger partial charge in [-0.3, -0.25) is 4.79 Å². The third-order valence-corrected chi connectivity index (χ3v) is 3.26. The standard InChI is InChI=1S/C13H16O2/c1-9(2)10-5-3-4-6-11(10)13(7-8-13)12(14)15/h3-6,9H,7-8H2,1-2H3,(H,14,15). The molecule has 1 aromatic rings. The van der Waals surface area contributed by atoms with Gasteiger partial charge in [0.1, 0.15) is 0 Å². The molecule has 1 aliphatic rings. The highest BCUT2D eigenvalue weighted by atomic mass is 16.4. The van der Waals surface area contributed by atoms with Gasteiger partial charge in [-0.2, -0.15) is 0 Å². The van der Waals surface area contributed by atoms with Crippen molar-refractivity contribution in [1.29, 1.82) is 0 Å². The summed E-state index contributed by atoms with van der Waals surface area (Å²) in [6, 6.07) is 7.93. The minimum Gasteiger partial charge on any atom is -0.481 e. The Kier molecular flexibility index (Phi) is 2.29. The Hall–Kier alpha value is -1.31. The summed E-state index contributed by atoms with van der Waals surface area (Å²) < 4.78 is 0.